The third-order valence-electron chi connectivity index (χ3n) is 5.49. The Bertz CT molecular complexity index is 1480. The van der Waals surface area contributed by atoms with Gasteiger partial charge in [0, 0.05) is 40.1 Å². The van der Waals surface area contributed by atoms with E-state index in [1.54, 1.807) is 17.5 Å². The van der Waals surface area contributed by atoms with E-state index in [-0.39, 0.29) is 22.9 Å². The highest BCUT2D eigenvalue weighted by Crippen LogP contribution is 2.38. The first-order chi connectivity index (χ1) is 18.6. The fraction of sp³-hybridized carbons (Fsp3) is 0.207. The topological polar surface area (TPSA) is 114 Å². The molecule has 0 saturated carbocycles. The maximum atomic E-state index is 13.5. The van der Waals surface area contributed by atoms with Gasteiger partial charge in [-0.05, 0) is 29.2 Å². The highest BCUT2D eigenvalue weighted by atomic mass is 32.2. The van der Waals surface area contributed by atoms with Gasteiger partial charge in [-0.1, -0.05) is 69.3 Å². The molecule has 1 aromatic heterocycles. The lowest BCUT2D eigenvalue weighted by molar-refractivity contribution is -0.384. The van der Waals surface area contributed by atoms with Gasteiger partial charge >= 0.3 is 0 Å². The number of hydrogen-bond acceptors (Lipinski definition) is 7. The average Bonchev–Trinajstić information content (AvgIpc) is 3.35. The number of thiazole rings is 1. The molecule has 0 radical (unpaired) electrons. The van der Waals surface area contributed by atoms with Crippen LogP contribution in [0.1, 0.15) is 38.0 Å². The number of aromatic nitrogens is 1. The number of nitrogens with zero attached hydrogens (tertiary/aromatic N) is 2. The molecule has 8 nitrogen and oxygen atoms in total. The minimum absolute atomic E-state index is 0.0246. The summed E-state index contributed by atoms with van der Waals surface area (Å²) in [5.74, 6) is -0.321. The molecule has 1 unspecified atom stereocenters. The van der Waals surface area contributed by atoms with Crippen LogP contribution in [-0.4, -0.2) is 21.7 Å². The molecule has 10 heteroatoms. The fourth-order valence-corrected chi connectivity index (χ4v) is 5.59. The highest BCUT2D eigenvalue weighted by molar-refractivity contribution is 8.00. The molecule has 2 amide bonds. The van der Waals surface area contributed by atoms with Crippen LogP contribution in [0.4, 0.5) is 16.5 Å². The quantitative estimate of drug-likeness (QED) is 0.124. The number of amides is 2. The minimum atomic E-state index is -0.586. The minimum Gasteiger partial charge on any atom is -0.326 e. The van der Waals surface area contributed by atoms with E-state index in [1.165, 1.54) is 35.2 Å². The molecular weight excluding hydrogens is 532 g/mol. The first-order valence-electron chi connectivity index (χ1n) is 12.2. The number of nitro groups is 1. The molecule has 0 spiro atoms. The van der Waals surface area contributed by atoms with E-state index in [0.29, 0.717) is 28.5 Å². The van der Waals surface area contributed by atoms with Crippen molar-refractivity contribution in [3.05, 3.63) is 99.9 Å². The number of anilines is 2. The van der Waals surface area contributed by atoms with Crippen molar-refractivity contribution >= 4 is 51.4 Å². The van der Waals surface area contributed by atoms with Crippen molar-refractivity contribution in [2.45, 2.75) is 37.3 Å². The molecular formula is C29H28N4O4S2. The predicted molar refractivity (Wildman–Crippen MR) is 157 cm³/mol. The molecule has 4 rings (SSSR count). The maximum Gasteiger partial charge on any atom is 0.270 e. The van der Waals surface area contributed by atoms with E-state index in [2.05, 4.69) is 15.6 Å². The largest absolute Gasteiger partial charge is 0.326 e. The lowest BCUT2D eigenvalue weighted by Crippen LogP contribution is -2.20. The normalized spacial score (nSPS) is 12.0. The zero-order chi connectivity index (χ0) is 28.0. The molecule has 200 valence electrons. The van der Waals surface area contributed by atoms with Gasteiger partial charge in [0.2, 0.25) is 11.8 Å². The van der Waals surface area contributed by atoms with Crippen LogP contribution in [0.3, 0.4) is 0 Å². The summed E-state index contributed by atoms with van der Waals surface area (Å²) in [5, 5.41) is 18.5. The van der Waals surface area contributed by atoms with Crippen LogP contribution in [0.25, 0.3) is 11.3 Å². The van der Waals surface area contributed by atoms with Crippen molar-refractivity contribution in [2.24, 2.45) is 5.41 Å². The number of nitro benzene ring substituents is 1. The van der Waals surface area contributed by atoms with Crippen LogP contribution in [0.2, 0.25) is 0 Å². The Hall–Kier alpha value is -4.02. The number of hydrogen-bond donors (Lipinski definition) is 2. The second-order valence-electron chi connectivity index (χ2n) is 10.1. The molecule has 3 aromatic carbocycles. The van der Waals surface area contributed by atoms with Crippen LogP contribution >= 0.6 is 23.1 Å². The Morgan fingerprint density at radius 2 is 1.74 bits per heavy atom. The number of non-ortho nitro benzene ring substituents is 1. The zero-order valence-electron chi connectivity index (χ0n) is 21.7. The van der Waals surface area contributed by atoms with E-state index < -0.39 is 10.2 Å². The van der Waals surface area contributed by atoms with Crippen LogP contribution < -0.4 is 10.6 Å². The van der Waals surface area contributed by atoms with Crippen molar-refractivity contribution < 1.29 is 14.5 Å². The molecule has 0 bridgehead atoms. The fourth-order valence-electron chi connectivity index (χ4n) is 3.78. The number of thioether (sulfide) groups is 1. The van der Waals surface area contributed by atoms with Gasteiger partial charge < -0.3 is 10.6 Å². The molecule has 0 aliphatic heterocycles. The molecule has 4 aromatic rings. The predicted octanol–water partition coefficient (Wildman–Crippen LogP) is 7.57. The van der Waals surface area contributed by atoms with Crippen molar-refractivity contribution in [1.82, 2.24) is 4.98 Å². The molecule has 0 aliphatic carbocycles. The number of carbonyl (C=O) groups is 2. The van der Waals surface area contributed by atoms with E-state index in [9.17, 15) is 19.7 Å². The number of carbonyl (C=O) groups excluding carboxylic acids is 2. The summed E-state index contributed by atoms with van der Waals surface area (Å²) in [4.78, 5) is 41.9. The standard InChI is InChI=1S/C29H28N4O4S2/c1-29(2,3)17-25(34)30-21-12-8-14-23(16-21)39-26(19-9-5-4-6-10-19)27(35)32-28-31-24(18-38-28)20-11-7-13-22(15-20)33(36)37/h4-16,18,26H,17H2,1-3H3,(H,30,34)(H,31,32,35). The van der Waals surface area contributed by atoms with Gasteiger partial charge in [-0.2, -0.15) is 0 Å². The Morgan fingerprint density at radius 3 is 2.46 bits per heavy atom. The Kier molecular flexibility index (Phi) is 8.78. The van der Waals surface area contributed by atoms with E-state index >= 15 is 0 Å². The van der Waals surface area contributed by atoms with E-state index in [0.717, 1.165) is 10.5 Å². The van der Waals surface area contributed by atoms with Crippen molar-refractivity contribution in [2.75, 3.05) is 10.6 Å². The second kappa shape index (κ2) is 12.2. The van der Waals surface area contributed by atoms with Crippen LogP contribution in [0.5, 0.6) is 0 Å². The van der Waals surface area contributed by atoms with Crippen molar-refractivity contribution in [3.63, 3.8) is 0 Å². The van der Waals surface area contributed by atoms with Crippen molar-refractivity contribution in [1.29, 1.82) is 0 Å². The van der Waals surface area contributed by atoms with Gasteiger partial charge in [0.05, 0.1) is 10.6 Å². The summed E-state index contributed by atoms with van der Waals surface area (Å²) >= 11 is 2.62. The Balaban J connectivity index is 1.52. The molecule has 0 aliphatic rings. The third-order valence-corrected chi connectivity index (χ3v) is 7.50. The van der Waals surface area contributed by atoms with Crippen LogP contribution in [0.15, 0.2) is 89.1 Å². The van der Waals surface area contributed by atoms with Gasteiger partial charge in [0.1, 0.15) is 5.25 Å². The van der Waals surface area contributed by atoms with Gasteiger partial charge in [-0.3, -0.25) is 19.7 Å². The number of nitrogens with one attached hydrogen (secondary N) is 2. The first-order valence-corrected chi connectivity index (χ1v) is 14.0. The summed E-state index contributed by atoms with van der Waals surface area (Å²) < 4.78 is 0. The lowest BCUT2D eigenvalue weighted by Gasteiger charge is -2.18. The second-order valence-corrected chi connectivity index (χ2v) is 12.1. The Labute approximate surface area is 235 Å². The van der Waals surface area contributed by atoms with Crippen LogP contribution in [-0.2, 0) is 9.59 Å². The van der Waals surface area contributed by atoms with Gasteiger partial charge in [-0.15, -0.1) is 23.1 Å². The number of rotatable bonds is 9. The summed E-state index contributed by atoms with van der Waals surface area (Å²) in [6.45, 7) is 6.03. The van der Waals surface area contributed by atoms with Gasteiger partial charge in [-0.25, -0.2) is 4.98 Å². The highest BCUT2D eigenvalue weighted by Gasteiger charge is 2.24. The molecule has 39 heavy (non-hydrogen) atoms. The smallest absolute Gasteiger partial charge is 0.270 e. The lowest BCUT2D eigenvalue weighted by atomic mass is 9.92. The SMILES string of the molecule is CC(C)(C)CC(=O)Nc1cccc(SC(C(=O)Nc2nc(-c3cccc([N+](=O)[O-])c3)cs2)c2ccccc2)c1. The Morgan fingerprint density at radius 1 is 1.00 bits per heavy atom. The first kappa shape index (κ1) is 28.0. The average molecular weight is 561 g/mol. The monoisotopic (exact) mass is 560 g/mol. The zero-order valence-corrected chi connectivity index (χ0v) is 23.3. The molecule has 0 saturated heterocycles. The van der Waals surface area contributed by atoms with E-state index in [4.69, 9.17) is 0 Å². The summed E-state index contributed by atoms with van der Waals surface area (Å²) in [7, 11) is 0. The molecule has 0 fully saturated rings. The summed E-state index contributed by atoms with van der Waals surface area (Å²) in [6.07, 6.45) is 0.394. The third kappa shape index (κ3) is 7.98. The maximum absolute atomic E-state index is 13.5. The summed E-state index contributed by atoms with van der Waals surface area (Å²) in [6, 6.07) is 23.1. The van der Waals surface area contributed by atoms with Crippen LogP contribution in [0, 0.1) is 15.5 Å². The molecule has 2 N–H and O–H groups in total. The molecule has 1 atom stereocenters. The van der Waals surface area contributed by atoms with E-state index in [1.807, 2.05) is 75.4 Å². The van der Waals surface area contributed by atoms with Crippen molar-refractivity contribution in [3.8, 4) is 11.3 Å². The number of benzene rings is 3. The summed E-state index contributed by atoms with van der Waals surface area (Å²) in [5.41, 5.74) is 2.48. The molecule has 1 heterocycles. The van der Waals surface area contributed by atoms with Gasteiger partial charge in [0.15, 0.2) is 5.13 Å². The van der Waals surface area contributed by atoms with Gasteiger partial charge in [0.25, 0.3) is 5.69 Å².